The molecule has 0 radical (unpaired) electrons. The van der Waals surface area contributed by atoms with Crippen molar-refractivity contribution in [3.63, 3.8) is 0 Å². The number of nitrogens with zero attached hydrogens (tertiary/aromatic N) is 1. The van der Waals surface area contributed by atoms with Gasteiger partial charge in [0.1, 0.15) is 4.21 Å². The van der Waals surface area contributed by atoms with Crippen LogP contribution < -0.4 is 10.3 Å². The number of amides is 1. The number of para-hydroxylation sites is 1. The first-order valence-corrected chi connectivity index (χ1v) is 10.5. The lowest BCUT2D eigenvalue weighted by Crippen LogP contribution is -2.42. The fourth-order valence-corrected chi connectivity index (χ4v) is 5.39. The van der Waals surface area contributed by atoms with Crippen molar-refractivity contribution in [1.82, 2.24) is 15.2 Å². The van der Waals surface area contributed by atoms with E-state index in [1.807, 2.05) is 24.3 Å². The number of carbonyl (C=O) groups is 1. The van der Waals surface area contributed by atoms with Gasteiger partial charge in [-0.3, -0.25) is 10.2 Å². The first-order valence-electron chi connectivity index (χ1n) is 6.37. The minimum Gasteiger partial charge on any atom is -0.277 e. The Kier molecular flexibility index (Phi) is 4.97. The van der Waals surface area contributed by atoms with E-state index in [2.05, 4.69) is 15.2 Å². The Morgan fingerprint density at radius 3 is 2.78 bits per heavy atom. The number of thiazole rings is 1. The van der Waals surface area contributed by atoms with Crippen molar-refractivity contribution in [2.45, 2.75) is 8.55 Å². The Bertz CT molecular complexity index is 886. The Labute approximate surface area is 145 Å². The molecule has 0 spiro atoms. The molecule has 1 amide bonds. The second kappa shape index (κ2) is 6.97. The average molecular weight is 386 g/mol. The van der Waals surface area contributed by atoms with E-state index in [0.717, 1.165) is 25.9 Å². The summed E-state index contributed by atoms with van der Waals surface area (Å²) < 4.78 is 25.7. The molecular weight excluding hydrogens is 374 g/mol. The van der Waals surface area contributed by atoms with Gasteiger partial charge in [0.2, 0.25) is 5.91 Å². The highest BCUT2D eigenvalue weighted by molar-refractivity contribution is 8.01. The van der Waals surface area contributed by atoms with Crippen LogP contribution in [0.5, 0.6) is 0 Å². The molecule has 0 atom stereocenters. The molecule has 3 aromatic rings. The van der Waals surface area contributed by atoms with E-state index in [4.69, 9.17) is 0 Å². The minimum absolute atomic E-state index is 0.0762. The van der Waals surface area contributed by atoms with Crippen molar-refractivity contribution in [3.05, 3.63) is 41.8 Å². The van der Waals surface area contributed by atoms with E-state index >= 15 is 0 Å². The summed E-state index contributed by atoms with van der Waals surface area (Å²) in [7, 11) is -3.70. The van der Waals surface area contributed by atoms with Crippen LogP contribution in [0, 0.1) is 0 Å². The van der Waals surface area contributed by atoms with Gasteiger partial charge < -0.3 is 0 Å². The zero-order valence-electron chi connectivity index (χ0n) is 11.6. The standard InChI is InChI=1S/C13H11N3O3S4/c17-11(15-16-23(18,19)12-6-3-7-20-12)8-21-13-14-9-4-1-2-5-10(9)22-13/h1-7,16H,8H2,(H,15,17). The summed E-state index contributed by atoms with van der Waals surface area (Å²) in [5, 5.41) is 1.65. The Balaban J connectivity index is 1.53. The van der Waals surface area contributed by atoms with Crippen LogP contribution in [0.1, 0.15) is 0 Å². The monoisotopic (exact) mass is 385 g/mol. The van der Waals surface area contributed by atoms with E-state index in [9.17, 15) is 13.2 Å². The molecule has 0 fully saturated rings. The molecular formula is C13H11N3O3S4. The van der Waals surface area contributed by atoms with Crippen LogP contribution in [0.15, 0.2) is 50.3 Å². The number of hydrazine groups is 1. The molecule has 0 saturated carbocycles. The number of thioether (sulfide) groups is 1. The average Bonchev–Trinajstić information content (AvgIpc) is 3.20. The highest BCUT2D eigenvalue weighted by atomic mass is 32.2. The number of rotatable bonds is 6. The van der Waals surface area contributed by atoms with E-state index in [0.29, 0.717) is 0 Å². The van der Waals surface area contributed by atoms with Crippen LogP contribution >= 0.6 is 34.4 Å². The highest BCUT2D eigenvalue weighted by Crippen LogP contribution is 2.28. The van der Waals surface area contributed by atoms with Crippen molar-refractivity contribution in [3.8, 4) is 0 Å². The van der Waals surface area contributed by atoms with Crippen molar-refractivity contribution in [2.75, 3.05) is 5.75 Å². The lowest BCUT2D eigenvalue weighted by Gasteiger charge is -2.05. The molecule has 0 aliphatic rings. The van der Waals surface area contributed by atoms with Gasteiger partial charge >= 0.3 is 0 Å². The zero-order chi connectivity index (χ0) is 16.3. The number of carbonyl (C=O) groups excluding carboxylic acids is 1. The lowest BCUT2D eigenvalue weighted by atomic mass is 10.3. The van der Waals surface area contributed by atoms with Gasteiger partial charge in [-0.05, 0) is 23.6 Å². The van der Waals surface area contributed by atoms with Crippen LogP contribution in [0.4, 0.5) is 0 Å². The fourth-order valence-electron chi connectivity index (χ4n) is 1.67. The largest absolute Gasteiger partial charge is 0.277 e. The number of aromatic nitrogens is 1. The third kappa shape index (κ3) is 4.09. The van der Waals surface area contributed by atoms with Crippen LogP contribution in [0.3, 0.4) is 0 Å². The van der Waals surface area contributed by atoms with Crippen LogP contribution in [-0.4, -0.2) is 25.1 Å². The SMILES string of the molecule is O=C(CSc1nc2ccccc2s1)NNS(=O)(=O)c1cccs1. The molecule has 120 valence electrons. The lowest BCUT2D eigenvalue weighted by molar-refractivity contribution is -0.119. The van der Waals surface area contributed by atoms with Gasteiger partial charge in [-0.15, -0.1) is 27.5 Å². The molecule has 2 N–H and O–H groups in total. The number of nitrogens with one attached hydrogen (secondary N) is 2. The van der Waals surface area contributed by atoms with Gasteiger partial charge in [0.25, 0.3) is 10.0 Å². The molecule has 0 aliphatic heterocycles. The summed E-state index contributed by atoms with van der Waals surface area (Å²) >= 11 is 3.84. The molecule has 6 nitrogen and oxygen atoms in total. The number of hydrogen-bond acceptors (Lipinski definition) is 7. The van der Waals surface area contributed by atoms with E-state index in [-0.39, 0.29) is 9.96 Å². The first kappa shape index (κ1) is 16.4. The summed E-state index contributed by atoms with van der Waals surface area (Å²) in [6, 6.07) is 10.8. The molecule has 1 aromatic carbocycles. The second-order valence-corrected chi connectivity index (χ2v) is 9.43. The molecule has 0 bridgehead atoms. The van der Waals surface area contributed by atoms with Gasteiger partial charge in [0, 0.05) is 0 Å². The summed E-state index contributed by atoms with van der Waals surface area (Å²) in [5.41, 5.74) is 3.09. The molecule has 0 unspecified atom stereocenters. The van der Waals surface area contributed by atoms with E-state index in [1.54, 1.807) is 11.4 Å². The quantitative estimate of drug-likeness (QED) is 0.503. The van der Waals surface area contributed by atoms with Gasteiger partial charge in [-0.1, -0.05) is 30.0 Å². The summed E-state index contributed by atoms with van der Waals surface area (Å²) in [6.45, 7) is 0. The number of fused-ring (bicyclic) bond motifs is 1. The smallest absolute Gasteiger partial charge is 0.266 e. The fraction of sp³-hybridized carbons (Fsp3) is 0.0769. The van der Waals surface area contributed by atoms with Crippen molar-refractivity contribution >= 4 is 60.6 Å². The zero-order valence-corrected chi connectivity index (χ0v) is 14.8. The normalized spacial score (nSPS) is 11.7. The third-order valence-electron chi connectivity index (χ3n) is 2.69. The molecule has 0 saturated heterocycles. The van der Waals surface area contributed by atoms with Gasteiger partial charge in [-0.2, -0.15) is 0 Å². The van der Waals surface area contributed by atoms with Crippen molar-refractivity contribution < 1.29 is 13.2 Å². The molecule has 10 heteroatoms. The maximum absolute atomic E-state index is 11.9. The maximum Gasteiger partial charge on any atom is 0.266 e. The van der Waals surface area contributed by atoms with Crippen LogP contribution in [0.2, 0.25) is 0 Å². The summed E-state index contributed by atoms with van der Waals surface area (Å²) in [6.07, 6.45) is 0. The Morgan fingerprint density at radius 2 is 2.04 bits per heavy atom. The predicted molar refractivity (Wildman–Crippen MR) is 93.1 cm³/mol. The topological polar surface area (TPSA) is 88.2 Å². The molecule has 2 aromatic heterocycles. The van der Waals surface area contributed by atoms with Gasteiger partial charge in [-0.25, -0.2) is 13.4 Å². The molecule has 23 heavy (non-hydrogen) atoms. The van der Waals surface area contributed by atoms with E-state index < -0.39 is 15.9 Å². The number of thiophene rings is 1. The van der Waals surface area contributed by atoms with E-state index in [1.165, 1.54) is 29.2 Å². The summed E-state index contributed by atoms with van der Waals surface area (Å²) in [4.78, 5) is 18.2. The minimum atomic E-state index is -3.70. The summed E-state index contributed by atoms with van der Waals surface area (Å²) in [5.74, 6) is -0.360. The number of benzene rings is 1. The molecule has 0 aliphatic carbocycles. The third-order valence-corrected chi connectivity index (χ3v) is 7.51. The first-order chi connectivity index (χ1) is 11.0. The highest BCUT2D eigenvalue weighted by Gasteiger charge is 2.16. The maximum atomic E-state index is 11.9. The predicted octanol–water partition coefficient (Wildman–Crippen LogP) is 2.46. The van der Waals surface area contributed by atoms with Crippen molar-refractivity contribution in [2.24, 2.45) is 0 Å². The Hall–Kier alpha value is -1.46. The van der Waals surface area contributed by atoms with Crippen molar-refractivity contribution in [1.29, 1.82) is 0 Å². The molecule has 2 heterocycles. The number of sulfonamides is 1. The molecule has 3 rings (SSSR count). The van der Waals surface area contributed by atoms with Crippen LogP contribution in [-0.2, 0) is 14.8 Å². The van der Waals surface area contributed by atoms with Crippen LogP contribution in [0.25, 0.3) is 10.2 Å². The Morgan fingerprint density at radius 1 is 1.22 bits per heavy atom. The van der Waals surface area contributed by atoms with Gasteiger partial charge in [0.15, 0.2) is 4.34 Å². The second-order valence-electron chi connectivity index (χ2n) is 4.32. The van der Waals surface area contributed by atoms with Gasteiger partial charge in [0.05, 0.1) is 16.0 Å². The number of hydrogen-bond donors (Lipinski definition) is 2.